The van der Waals surface area contributed by atoms with E-state index in [-0.39, 0.29) is 5.92 Å². The van der Waals surface area contributed by atoms with Crippen molar-refractivity contribution in [3.63, 3.8) is 0 Å². The van der Waals surface area contributed by atoms with E-state index in [1.54, 1.807) is 0 Å². The zero-order valence-corrected chi connectivity index (χ0v) is 11.8. The van der Waals surface area contributed by atoms with Crippen LogP contribution in [0.25, 0.3) is 0 Å². The van der Waals surface area contributed by atoms with Crippen LogP contribution >= 0.6 is 0 Å². The fraction of sp³-hybridized carbons (Fsp3) is 0.588. The summed E-state index contributed by atoms with van der Waals surface area (Å²) in [5.41, 5.74) is 2.34. The molecule has 1 aliphatic carbocycles. The van der Waals surface area contributed by atoms with E-state index in [1.165, 1.54) is 24.8 Å². The van der Waals surface area contributed by atoms with Crippen molar-refractivity contribution in [3.05, 3.63) is 29.8 Å². The molecule has 3 nitrogen and oxygen atoms in total. The molecule has 3 atom stereocenters. The van der Waals surface area contributed by atoms with Gasteiger partial charge in [0.05, 0.1) is 5.92 Å². The third-order valence-corrected chi connectivity index (χ3v) is 5.42. The summed E-state index contributed by atoms with van der Waals surface area (Å²) in [6, 6.07) is 8.29. The number of nitrogens with one attached hydrogen (secondary N) is 1. The van der Waals surface area contributed by atoms with Gasteiger partial charge in [-0.1, -0.05) is 24.6 Å². The minimum absolute atomic E-state index is 0.0753. The van der Waals surface area contributed by atoms with Crippen molar-refractivity contribution in [1.29, 1.82) is 0 Å². The molecule has 3 unspecified atom stereocenters. The number of amides is 1. The lowest BCUT2D eigenvalue weighted by Gasteiger charge is -2.29. The van der Waals surface area contributed by atoms with Crippen LogP contribution in [-0.4, -0.2) is 30.4 Å². The molecule has 3 aliphatic rings. The molecule has 2 heterocycles. The van der Waals surface area contributed by atoms with Crippen LogP contribution in [0.2, 0.25) is 0 Å². The summed E-state index contributed by atoms with van der Waals surface area (Å²) in [5, 5.41) is 3.41. The van der Waals surface area contributed by atoms with E-state index >= 15 is 0 Å². The average Bonchev–Trinajstić information content (AvgIpc) is 3.07. The molecular formula is C17H22N2O. The van der Waals surface area contributed by atoms with Gasteiger partial charge in [-0.15, -0.1) is 0 Å². The van der Waals surface area contributed by atoms with Crippen LogP contribution < -0.4 is 5.32 Å². The zero-order valence-electron chi connectivity index (χ0n) is 11.8. The molecule has 2 fully saturated rings. The van der Waals surface area contributed by atoms with Gasteiger partial charge >= 0.3 is 0 Å². The molecule has 1 N–H and O–H groups in total. The minimum atomic E-state index is 0.0753. The van der Waals surface area contributed by atoms with E-state index in [0.717, 1.165) is 43.6 Å². The summed E-state index contributed by atoms with van der Waals surface area (Å²) < 4.78 is 0. The van der Waals surface area contributed by atoms with Crippen molar-refractivity contribution in [3.8, 4) is 0 Å². The maximum absolute atomic E-state index is 12.9. The van der Waals surface area contributed by atoms with Gasteiger partial charge in [-0.05, 0) is 42.7 Å². The van der Waals surface area contributed by atoms with Gasteiger partial charge in [0.15, 0.2) is 0 Å². The maximum Gasteiger partial charge on any atom is 0.230 e. The molecule has 4 rings (SSSR count). The highest BCUT2D eigenvalue weighted by Crippen LogP contribution is 2.40. The first-order valence-electron chi connectivity index (χ1n) is 7.94. The van der Waals surface area contributed by atoms with Crippen molar-refractivity contribution in [2.45, 2.75) is 31.6 Å². The first kappa shape index (κ1) is 12.2. The zero-order chi connectivity index (χ0) is 13.5. The topological polar surface area (TPSA) is 32.3 Å². The van der Waals surface area contributed by atoms with Crippen molar-refractivity contribution >= 4 is 11.6 Å². The molecule has 0 aromatic heterocycles. The highest BCUT2D eigenvalue weighted by molar-refractivity contribution is 5.86. The second kappa shape index (κ2) is 4.80. The molecule has 3 heteroatoms. The Morgan fingerprint density at radius 3 is 2.65 bits per heavy atom. The number of carbonyl (C=O) groups excluding carboxylic acids is 1. The van der Waals surface area contributed by atoms with Crippen molar-refractivity contribution in [2.24, 2.45) is 11.8 Å². The highest BCUT2D eigenvalue weighted by atomic mass is 16.2. The van der Waals surface area contributed by atoms with Gasteiger partial charge in [-0.2, -0.15) is 0 Å². The Balaban J connectivity index is 1.55. The fourth-order valence-corrected chi connectivity index (χ4v) is 4.36. The van der Waals surface area contributed by atoms with Gasteiger partial charge in [-0.25, -0.2) is 0 Å². The summed E-state index contributed by atoms with van der Waals surface area (Å²) in [7, 11) is 0. The monoisotopic (exact) mass is 270 g/mol. The van der Waals surface area contributed by atoms with E-state index in [4.69, 9.17) is 0 Å². The number of carbonyl (C=O) groups is 1. The highest BCUT2D eigenvalue weighted by Gasteiger charge is 2.40. The van der Waals surface area contributed by atoms with Crippen LogP contribution in [0.3, 0.4) is 0 Å². The normalized spacial score (nSPS) is 31.6. The Morgan fingerprint density at radius 2 is 1.85 bits per heavy atom. The summed E-state index contributed by atoms with van der Waals surface area (Å²) in [6.07, 6.45) is 4.96. The first-order chi connectivity index (χ1) is 9.83. The fourth-order valence-electron chi connectivity index (χ4n) is 4.36. The second-order valence-corrected chi connectivity index (χ2v) is 6.55. The Morgan fingerprint density at radius 1 is 1.10 bits per heavy atom. The summed E-state index contributed by atoms with van der Waals surface area (Å²) in [6.45, 7) is 2.93. The largest absolute Gasteiger partial charge is 0.385 e. The number of likely N-dealkylation sites (tertiary alicyclic amines) is 1. The number of anilines is 1. The van der Waals surface area contributed by atoms with E-state index in [2.05, 4.69) is 22.3 Å². The van der Waals surface area contributed by atoms with Crippen molar-refractivity contribution < 1.29 is 4.79 Å². The van der Waals surface area contributed by atoms with E-state index in [9.17, 15) is 4.79 Å². The SMILES string of the molecule is O=C(C1CCNc2ccccc21)N1CC2CCCC2C1. The van der Waals surface area contributed by atoms with Gasteiger partial charge in [0.1, 0.15) is 0 Å². The third-order valence-electron chi connectivity index (χ3n) is 5.42. The van der Waals surface area contributed by atoms with Gasteiger partial charge in [0.25, 0.3) is 0 Å². The number of hydrogen-bond acceptors (Lipinski definition) is 2. The van der Waals surface area contributed by atoms with E-state index in [0.29, 0.717) is 5.91 Å². The molecule has 20 heavy (non-hydrogen) atoms. The first-order valence-corrected chi connectivity index (χ1v) is 7.94. The lowest BCUT2D eigenvalue weighted by Crippen LogP contribution is -2.36. The summed E-state index contributed by atoms with van der Waals surface area (Å²) in [5.74, 6) is 2.02. The predicted octanol–water partition coefficient (Wildman–Crippen LogP) is 2.84. The van der Waals surface area contributed by atoms with Gasteiger partial charge in [0, 0.05) is 25.3 Å². The lowest BCUT2D eigenvalue weighted by molar-refractivity contribution is -0.132. The number of benzene rings is 1. The predicted molar refractivity (Wildman–Crippen MR) is 79.7 cm³/mol. The molecule has 0 bridgehead atoms. The molecule has 106 valence electrons. The minimum Gasteiger partial charge on any atom is -0.385 e. The molecule has 0 spiro atoms. The Hall–Kier alpha value is -1.51. The lowest BCUT2D eigenvalue weighted by atomic mass is 9.90. The van der Waals surface area contributed by atoms with Crippen LogP contribution in [-0.2, 0) is 4.79 Å². The Labute approximate surface area is 120 Å². The van der Waals surface area contributed by atoms with Crippen molar-refractivity contribution in [2.75, 3.05) is 25.0 Å². The second-order valence-electron chi connectivity index (χ2n) is 6.55. The van der Waals surface area contributed by atoms with Gasteiger partial charge < -0.3 is 10.2 Å². The molecule has 1 aromatic carbocycles. The average molecular weight is 270 g/mol. The Bertz CT molecular complexity index is 515. The maximum atomic E-state index is 12.9. The molecular weight excluding hydrogens is 248 g/mol. The third kappa shape index (κ3) is 1.91. The van der Waals surface area contributed by atoms with Gasteiger partial charge in [0.2, 0.25) is 5.91 Å². The van der Waals surface area contributed by atoms with Crippen molar-refractivity contribution in [1.82, 2.24) is 4.90 Å². The molecule has 1 amide bonds. The Kier molecular flexibility index (Phi) is 2.94. The number of rotatable bonds is 1. The molecule has 1 saturated carbocycles. The molecule has 0 radical (unpaired) electrons. The van der Waals surface area contributed by atoms with Crippen LogP contribution in [0.5, 0.6) is 0 Å². The van der Waals surface area contributed by atoms with E-state index < -0.39 is 0 Å². The summed E-state index contributed by atoms with van der Waals surface area (Å²) in [4.78, 5) is 15.0. The molecule has 1 saturated heterocycles. The van der Waals surface area contributed by atoms with Crippen LogP contribution in [0.4, 0.5) is 5.69 Å². The quantitative estimate of drug-likeness (QED) is 0.851. The molecule has 2 aliphatic heterocycles. The number of nitrogens with zero attached hydrogens (tertiary/aromatic N) is 1. The smallest absolute Gasteiger partial charge is 0.230 e. The van der Waals surface area contributed by atoms with Gasteiger partial charge in [-0.3, -0.25) is 4.79 Å². The number of para-hydroxylation sites is 1. The van der Waals surface area contributed by atoms with Crippen LogP contribution in [0, 0.1) is 11.8 Å². The standard InChI is InChI=1S/C17H22N2O/c20-17(19-10-12-4-3-5-13(12)11-19)15-8-9-18-16-7-2-1-6-14(15)16/h1-2,6-7,12-13,15,18H,3-5,8-11H2. The summed E-state index contributed by atoms with van der Waals surface area (Å²) >= 11 is 0. The number of hydrogen-bond donors (Lipinski definition) is 1. The number of fused-ring (bicyclic) bond motifs is 2. The van der Waals surface area contributed by atoms with Crippen LogP contribution in [0.1, 0.15) is 37.2 Å². The molecule has 1 aromatic rings. The van der Waals surface area contributed by atoms with E-state index in [1.807, 2.05) is 12.1 Å². The van der Waals surface area contributed by atoms with Crippen LogP contribution in [0.15, 0.2) is 24.3 Å².